The zero-order valence-corrected chi connectivity index (χ0v) is 21.6. The highest BCUT2D eigenvalue weighted by atomic mass is 35.5. The van der Waals surface area contributed by atoms with E-state index in [1.54, 1.807) is 25.4 Å². The topological polar surface area (TPSA) is 78.9 Å². The van der Waals surface area contributed by atoms with E-state index in [1.165, 1.54) is 42.0 Å². The van der Waals surface area contributed by atoms with Gasteiger partial charge in [0.1, 0.15) is 5.75 Å². The molecule has 1 amide bonds. The number of nitrogens with one attached hydrogen (secondary N) is 1. The van der Waals surface area contributed by atoms with Gasteiger partial charge in [0.15, 0.2) is 0 Å². The van der Waals surface area contributed by atoms with Crippen molar-refractivity contribution in [2.75, 3.05) is 18.6 Å². The van der Waals surface area contributed by atoms with Crippen molar-refractivity contribution in [1.82, 2.24) is 5.32 Å². The number of alkyl halides is 2. The molecular weight excluding hydrogens is 502 g/mol. The predicted octanol–water partition coefficient (Wildman–Crippen LogP) is 6.24. The number of likely N-dealkylation sites (N-methyl/N-ethyl adjacent to an activating group) is 1. The lowest BCUT2D eigenvalue weighted by atomic mass is 9.68. The van der Waals surface area contributed by atoms with E-state index in [1.807, 2.05) is 13.0 Å². The molecule has 0 saturated heterocycles. The Morgan fingerprint density at radius 1 is 1.24 bits per heavy atom. The highest BCUT2D eigenvalue weighted by Gasteiger charge is 2.50. The molecule has 2 aromatic carbocycles. The van der Waals surface area contributed by atoms with Gasteiger partial charge in [0.05, 0.1) is 22.7 Å². The second kappa shape index (κ2) is 10.8. The maximum Gasteiger partial charge on any atom is 0.335 e. The van der Waals surface area contributed by atoms with E-state index in [-0.39, 0.29) is 18.4 Å². The largest absolute Gasteiger partial charge is 0.492 e. The minimum Gasteiger partial charge on any atom is -0.492 e. The monoisotopic (exact) mass is 532 g/mol. The normalized spacial score (nSPS) is 19.0. The van der Waals surface area contributed by atoms with Gasteiger partial charge in [-0.2, -0.15) is 0 Å². The van der Waals surface area contributed by atoms with E-state index in [9.17, 15) is 18.4 Å². The number of carboxylic acids is 1. The molecule has 2 N–H and O–H groups in total. The first-order chi connectivity index (χ1) is 17.6. The van der Waals surface area contributed by atoms with Gasteiger partial charge in [0, 0.05) is 24.7 Å². The minimum absolute atomic E-state index is 0.0755. The van der Waals surface area contributed by atoms with Gasteiger partial charge in [0.2, 0.25) is 12.3 Å². The quantitative estimate of drug-likeness (QED) is 0.316. The average molecular weight is 533 g/mol. The Hall–Kier alpha value is -2.97. The Bertz CT molecular complexity index is 1180. The van der Waals surface area contributed by atoms with Crippen LogP contribution in [0.1, 0.15) is 54.9 Å². The second-order valence-electron chi connectivity index (χ2n) is 10.0. The van der Waals surface area contributed by atoms with Crippen LogP contribution in [0.4, 0.5) is 14.5 Å². The van der Waals surface area contributed by atoms with Gasteiger partial charge < -0.3 is 15.2 Å². The number of rotatable bonds is 12. The smallest absolute Gasteiger partial charge is 0.335 e. The highest BCUT2D eigenvalue weighted by molar-refractivity contribution is 6.32. The molecule has 0 aliphatic heterocycles. The number of carbonyl (C=O) groups is 2. The van der Waals surface area contributed by atoms with Crippen LogP contribution in [0.25, 0.3) is 0 Å². The lowest BCUT2D eigenvalue weighted by Crippen LogP contribution is -2.47. The Morgan fingerprint density at radius 2 is 1.92 bits per heavy atom. The Morgan fingerprint density at radius 3 is 2.43 bits per heavy atom. The number of carbonyl (C=O) groups excluding carboxylic acids is 1. The fourth-order valence-corrected chi connectivity index (χ4v) is 4.98. The summed E-state index contributed by atoms with van der Waals surface area (Å²) in [6.07, 6.45) is 4.94. The van der Waals surface area contributed by atoms with Crippen LogP contribution in [0.15, 0.2) is 54.2 Å². The fraction of sp³-hybridized carbons (Fsp3) is 0.429. The number of anilines is 1. The SMILES string of the molecule is CNC(C)(/C(=C\N(C=O)c1ccc(C(=O)O)cc1)C1CC(F)(F)C1)c1ccc(OCCC2CC2)c(Cl)c1. The average Bonchev–Trinajstić information content (AvgIpc) is 3.68. The summed E-state index contributed by atoms with van der Waals surface area (Å²) < 4.78 is 33.8. The first-order valence-electron chi connectivity index (χ1n) is 12.3. The predicted molar refractivity (Wildman–Crippen MR) is 138 cm³/mol. The third-order valence-corrected chi connectivity index (χ3v) is 7.70. The molecule has 2 fully saturated rings. The van der Waals surface area contributed by atoms with E-state index in [4.69, 9.17) is 21.4 Å². The van der Waals surface area contributed by atoms with Crippen LogP contribution in [0, 0.1) is 11.8 Å². The van der Waals surface area contributed by atoms with Crippen LogP contribution < -0.4 is 15.0 Å². The first kappa shape index (κ1) is 27.1. The van der Waals surface area contributed by atoms with Crippen molar-refractivity contribution < 1.29 is 28.2 Å². The summed E-state index contributed by atoms with van der Waals surface area (Å²) in [5, 5.41) is 12.8. The molecule has 0 heterocycles. The van der Waals surface area contributed by atoms with Crippen molar-refractivity contribution in [2.24, 2.45) is 11.8 Å². The maximum atomic E-state index is 14.0. The molecule has 6 nitrogen and oxygen atoms in total. The molecular formula is C28H31ClF2N2O4. The molecule has 2 aliphatic carbocycles. The van der Waals surface area contributed by atoms with Gasteiger partial charge in [-0.3, -0.25) is 9.69 Å². The van der Waals surface area contributed by atoms with E-state index >= 15 is 0 Å². The molecule has 4 rings (SSSR count). The minimum atomic E-state index is -2.77. The maximum absolute atomic E-state index is 14.0. The van der Waals surface area contributed by atoms with Crippen LogP contribution in [0.3, 0.4) is 0 Å². The molecule has 0 spiro atoms. The first-order valence-corrected chi connectivity index (χ1v) is 12.7. The van der Waals surface area contributed by atoms with Crippen LogP contribution in [-0.4, -0.2) is 37.1 Å². The van der Waals surface area contributed by atoms with Crippen molar-refractivity contribution in [1.29, 1.82) is 0 Å². The summed E-state index contributed by atoms with van der Waals surface area (Å²) in [6, 6.07) is 11.2. The Kier molecular flexibility index (Phi) is 7.90. The standard InChI is InChI=1S/C28H31ClF2N2O4/c1-27(32-2,21-7-10-25(24(29)13-21)37-12-11-18-3-4-18)23(20-14-28(30,31)15-20)16-33(17-34)22-8-5-19(6-9-22)26(35)36/h5-10,13,16-18,20,32H,3-4,11-12,14-15H2,1-2H3,(H,35,36)/b23-16-. The number of aromatic carboxylic acids is 1. The number of halogens is 3. The lowest BCUT2D eigenvalue weighted by molar-refractivity contribution is -0.107. The lowest BCUT2D eigenvalue weighted by Gasteiger charge is -2.44. The van der Waals surface area contributed by atoms with Crippen LogP contribution in [-0.2, 0) is 10.3 Å². The van der Waals surface area contributed by atoms with E-state index in [0.717, 1.165) is 17.9 Å². The molecule has 0 aromatic heterocycles. The number of ether oxygens (including phenoxy) is 1. The fourth-order valence-electron chi connectivity index (χ4n) is 4.74. The van der Waals surface area contributed by atoms with Gasteiger partial charge in [-0.25, -0.2) is 13.6 Å². The van der Waals surface area contributed by atoms with Crippen LogP contribution in [0.5, 0.6) is 5.75 Å². The summed E-state index contributed by atoms with van der Waals surface area (Å²) >= 11 is 6.56. The molecule has 2 aromatic rings. The number of carboxylic acid groups (broad SMARTS) is 1. The van der Waals surface area contributed by atoms with E-state index < -0.39 is 23.3 Å². The van der Waals surface area contributed by atoms with Gasteiger partial charge in [0.25, 0.3) is 0 Å². The van der Waals surface area contributed by atoms with Crippen molar-refractivity contribution in [2.45, 2.75) is 50.5 Å². The molecule has 1 atom stereocenters. The van der Waals surface area contributed by atoms with Crippen LogP contribution in [0.2, 0.25) is 5.02 Å². The molecule has 9 heteroatoms. The number of amides is 1. The zero-order chi connectivity index (χ0) is 26.8. The summed E-state index contributed by atoms with van der Waals surface area (Å²) in [4.78, 5) is 24.6. The highest BCUT2D eigenvalue weighted by Crippen LogP contribution is 2.51. The summed E-state index contributed by atoms with van der Waals surface area (Å²) in [6.45, 7) is 2.45. The summed E-state index contributed by atoms with van der Waals surface area (Å²) in [5.41, 5.74) is 0.891. The molecule has 0 radical (unpaired) electrons. The molecule has 2 aliphatic rings. The van der Waals surface area contributed by atoms with E-state index in [0.29, 0.717) is 35.0 Å². The summed E-state index contributed by atoms with van der Waals surface area (Å²) in [5.74, 6) is -3.04. The van der Waals surface area contributed by atoms with Crippen LogP contribution >= 0.6 is 11.6 Å². The van der Waals surface area contributed by atoms with Gasteiger partial charge in [-0.15, -0.1) is 0 Å². The van der Waals surface area contributed by atoms with E-state index in [2.05, 4.69) is 5.32 Å². The number of hydrogen-bond donors (Lipinski definition) is 2. The second-order valence-corrected chi connectivity index (χ2v) is 10.4. The van der Waals surface area contributed by atoms with Gasteiger partial charge in [-0.1, -0.05) is 30.5 Å². The zero-order valence-electron chi connectivity index (χ0n) is 20.8. The molecule has 198 valence electrons. The molecule has 0 bridgehead atoms. The number of hydrogen-bond acceptors (Lipinski definition) is 4. The Labute approximate surface area is 220 Å². The third-order valence-electron chi connectivity index (χ3n) is 7.40. The van der Waals surface area contributed by atoms with Gasteiger partial charge in [-0.05, 0) is 79.8 Å². The van der Waals surface area contributed by atoms with Gasteiger partial charge >= 0.3 is 5.97 Å². The van der Waals surface area contributed by atoms with Crippen molar-refractivity contribution in [3.05, 3.63) is 70.4 Å². The summed E-state index contributed by atoms with van der Waals surface area (Å²) in [7, 11) is 1.73. The molecule has 37 heavy (non-hydrogen) atoms. The van der Waals surface area contributed by atoms with Crippen molar-refractivity contribution >= 4 is 29.7 Å². The molecule has 1 unspecified atom stereocenters. The van der Waals surface area contributed by atoms with Crippen molar-refractivity contribution in [3.63, 3.8) is 0 Å². The Balaban J connectivity index is 1.67. The van der Waals surface area contributed by atoms with Crippen molar-refractivity contribution in [3.8, 4) is 5.75 Å². The number of nitrogens with zero attached hydrogens (tertiary/aromatic N) is 1. The molecule has 2 saturated carbocycles. The third kappa shape index (κ3) is 6.13. The number of benzene rings is 2.